The number of rotatable bonds is 9. The van der Waals surface area contributed by atoms with E-state index in [9.17, 15) is 8.42 Å². The van der Waals surface area contributed by atoms with E-state index < -0.39 is 10.0 Å². The molecule has 2 rings (SSSR count). The van der Waals surface area contributed by atoms with E-state index in [0.717, 1.165) is 25.1 Å². The molecule has 1 heterocycles. The van der Waals surface area contributed by atoms with Gasteiger partial charge in [-0.3, -0.25) is 0 Å². The summed E-state index contributed by atoms with van der Waals surface area (Å²) in [6.45, 7) is 4.89. The van der Waals surface area contributed by atoms with Crippen molar-refractivity contribution in [1.82, 2.24) is 14.2 Å². The van der Waals surface area contributed by atoms with Crippen LogP contribution in [0.15, 0.2) is 29.8 Å². The molecule has 0 aliphatic heterocycles. The quantitative estimate of drug-likeness (QED) is 0.559. The van der Waals surface area contributed by atoms with Gasteiger partial charge in [-0.2, -0.15) is 0 Å². The maximum Gasteiger partial charge on any atom is 0.244 e. The maximum atomic E-state index is 12.5. The van der Waals surface area contributed by atoms with Crippen LogP contribution in [0.25, 0.3) is 0 Å². The molecule has 1 saturated carbocycles. The van der Waals surface area contributed by atoms with Gasteiger partial charge in [0.1, 0.15) is 4.90 Å². The highest BCUT2D eigenvalue weighted by molar-refractivity contribution is 7.89. The molecule has 1 fully saturated rings. The topological polar surface area (TPSA) is 54.3 Å². The van der Waals surface area contributed by atoms with Crippen molar-refractivity contribution >= 4 is 10.0 Å². The van der Waals surface area contributed by atoms with Crippen molar-refractivity contribution < 1.29 is 8.42 Å². The molecule has 1 aliphatic carbocycles. The summed E-state index contributed by atoms with van der Waals surface area (Å²) in [6, 6.07) is 2.39. The smallest absolute Gasteiger partial charge is 0.244 e. The largest absolute Gasteiger partial charge is 0.352 e. The summed E-state index contributed by atoms with van der Waals surface area (Å²) in [5.41, 5.74) is 1.000. The van der Waals surface area contributed by atoms with Gasteiger partial charge >= 0.3 is 0 Å². The van der Waals surface area contributed by atoms with Crippen LogP contribution in [0.2, 0.25) is 0 Å². The van der Waals surface area contributed by atoms with Crippen LogP contribution in [0.1, 0.15) is 31.4 Å². The fourth-order valence-electron chi connectivity index (χ4n) is 2.19. The first-order valence-corrected chi connectivity index (χ1v) is 8.85. The standard InChI is InChI=1S/C15H25N3O2S/c1-4-5-6-9-18(3)21(19,20)15-10-14(17(2)12-15)11-16-13-7-8-13/h4,10,12-13,16H,1,5-9,11H2,2-3H3. The molecule has 6 heteroatoms. The maximum absolute atomic E-state index is 12.5. The molecule has 118 valence electrons. The second kappa shape index (κ2) is 6.77. The zero-order valence-corrected chi connectivity index (χ0v) is 13.7. The molecule has 5 nitrogen and oxygen atoms in total. The fourth-order valence-corrected chi connectivity index (χ4v) is 3.49. The molecule has 0 bridgehead atoms. The van der Waals surface area contributed by atoms with Gasteiger partial charge in [-0.1, -0.05) is 6.08 Å². The summed E-state index contributed by atoms with van der Waals surface area (Å²) >= 11 is 0. The summed E-state index contributed by atoms with van der Waals surface area (Å²) in [5.74, 6) is 0. The Labute approximate surface area is 127 Å². The Kier molecular flexibility index (Phi) is 5.24. The molecule has 21 heavy (non-hydrogen) atoms. The first-order chi connectivity index (χ1) is 9.95. The number of sulfonamides is 1. The predicted molar refractivity (Wildman–Crippen MR) is 84.5 cm³/mol. The number of nitrogens with one attached hydrogen (secondary N) is 1. The average molecular weight is 311 g/mol. The monoisotopic (exact) mass is 311 g/mol. The Bertz CT molecular complexity index is 588. The number of nitrogens with zero attached hydrogens (tertiary/aromatic N) is 2. The number of hydrogen-bond acceptors (Lipinski definition) is 3. The number of aryl methyl sites for hydroxylation is 1. The lowest BCUT2D eigenvalue weighted by Crippen LogP contribution is -2.27. The van der Waals surface area contributed by atoms with E-state index in [0.29, 0.717) is 17.5 Å². The van der Waals surface area contributed by atoms with Crippen molar-refractivity contribution in [3.63, 3.8) is 0 Å². The molecule has 1 aliphatic rings. The molecule has 0 unspecified atom stereocenters. The van der Waals surface area contributed by atoms with Crippen molar-refractivity contribution in [2.45, 2.75) is 43.2 Å². The number of hydrogen-bond donors (Lipinski definition) is 1. The molecule has 0 amide bonds. The fraction of sp³-hybridized carbons (Fsp3) is 0.600. The van der Waals surface area contributed by atoms with Crippen molar-refractivity contribution in [2.75, 3.05) is 13.6 Å². The molecule has 0 aromatic carbocycles. The predicted octanol–water partition coefficient (Wildman–Crippen LogP) is 1.86. The highest BCUT2D eigenvalue weighted by atomic mass is 32.2. The van der Waals surface area contributed by atoms with Gasteiger partial charge in [0.05, 0.1) is 0 Å². The van der Waals surface area contributed by atoms with Gasteiger partial charge in [0.25, 0.3) is 0 Å². The number of aromatic nitrogens is 1. The van der Waals surface area contributed by atoms with Crippen molar-refractivity contribution in [3.8, 4) is 0 Å². The Balaban J connectivity index is 2.04. The van der Waals surface area contributed by atoms with E-state index in [-0.39, 0.29) is 0 Å². The normalized spacial score (nSPS) is 15.6. The van der Waals surface area contributed by atoms with Crippen LogP contribution in [0, 0.1) is 0 Å². The highest BCUT2D eigenvalue weighted by Crippen LogP contribution is 2.21. The van der Waals surface area contributed by atoms with Crippen LogP contribution in [-0.4, -0.2) is 36.9 Å². The third-order valence-electron chi connectivity index (χ3n) is 3.82. The minimum absolute atomic E-state index is 0.374. The molecule has 0 saturated heterocycles. The van der Waals surface area contributed by atoms with E-state index in [1.54, 1.807) is 19.3 Å². The zero-order chi connectivity index (χ0) is 15.5. The Morgan fingerprint density at radius 2 is 2.24 bits per heavy atom. The van der Waals surface area contributed by atoms with Gasteiger partial charge in [0.2, 0.25) is 10.0 Å². The molecule has 1 aromatic rings. The lowest BCUT2D eigenvalue weighted by Gasteiger charge is -2.15. The van der Waals surface area contributed by atoms with E-state index in [1.807, 2.05) is 17.7 Å². The minimum Gasteiger partial charge on any atom is -0.352 e. The van der Waals surface area contributed by atoms with Crippen molar-refractivity contribution in [3.05, 3.63) is 30.6 Å². The van der Waals surface area contributed by atoms with Crippen molar-refractivity contribution in [2.24, 2.45) is 7.05 Å². The van der Waals surface area contributed by atoms with Gasteiger partial charge in [0, 0.05) is 45.1 Å². The summed E-state index contributed by atoms with van der Waals surface area (Å²) in [4.78, 5) is 0.374. The molecule has 0 radical (unpaired) electrons. The minimum atomic E-state index is -3.39. The van der Waals surface area contributed by atoms with Gasteiger partial charge in [-0.25, -0.2) is 12.7 Å². The van der Waals surface area contributed by atoms with Crippen LogP contribution >= 0.6 is 0 Å². The Hall–Kier alpha value is -1.11. The lowest BCUT2D eigenvalue weighted by molar-refractivity contribution is 0.462. The zero-order valence-electron chi connectivity index (χ0n) is 12.9. The SMILES string of the molecule is C=CCCCN(C)S(=O)(=O)c1cc(CNC2CC2)n(C)c1. The van der Waals surface area contributed by atoms with Crippen LogP contribution in [0.4, 0.5) is 0 Å². The Morgan fingerprint density at radius 3 is 2.86 bits per heavy atom. The van der Waals surface area contributed by atoms with Gasteiger partial charge < -0.3 is 9.88 Å². The molecular formula is C15H25N3O2S. The molecule has 0 atom stereocenters. The van der Waals surface area contributed by atoms with E-state index in [4.69, 9.17) is 0 Å². The summed E-state index contributed by atoms with van der Waals surface area (Å²) in [6.07, 6.45) is 7.57. The number of unbranched alkanes of at least 4 members (excludes halogenated alkanes) is 1. The van der Waals surface area contributed by atoms with Crippen LogP contribution in [0.3, 0.4) is 0 Å². The lowest BCUT2D eigenvalue weighted by atomic mass is 10.3. The first-order valence-electron chi connectivity index (χ1n) is 7.41. The van der Waals surface area contributed by atoms with Crippen LogP contribution in [0.5, 0.6) is 0 Å². The van der Waals surface area contributed by atoms with Gasteiger partial charge in [-0.05, 0) is 31.7 Å². The van der Waals surface area contributed by atoms with E-state index in [2.05, 4.69) is 11.9 Å². The molecule has 1 N–H and O–H groups in total. The van der Waals surface area contributed by atoms with Gasteiger partial charge in [-0.15, -0.1) is 6.58 Å². The third kappa shape index (κ3) is 4.18. The summed E-state index contributed by atoms with van der Waals surface area (Å²) < 4.78 is 28.3. The van der Waals surface area contributed by atoms with Crippen LogP contribution < -0.4 is 5.32 Å². The van der Waals surface area contributed by atoms with E-state index >= 15 is 0 Å². The molecule has 1 aromatic heterocycles. The average Bonchev–Trinajstić information content (AvgIpc) is 3.19. The Morgan fingerprint density at radius 1 is 1.52 bits per heavy atom. The first kappa shape index (κ1) is 16.3. The second-order valence-electron chi connectivity index (χ2n) is 5.69. The molecule has 0 spiro atoms. The molecular weight excluding hydrogens is 286 g/mol. The highest BCUT2D eigenvalue weighted by Gasteiger charge is 2.24. The summed E-state index contributed by atoms with van der Waals surface area (Å²) in [7, 11) is 0.128. The van der Waals surface area contributed by atoms with Gasteiger partial charge in [0.15, 0.2) is 0 Å². The third-order valence-corrected chi connectivity index (χ3v) is 5.64. The second-order valence-corrected chi connectivity index (χ2v) is 7.74. The van der Waals surface area contributed by atoms with E-state index in [1.165, 1.54) is 17.1 Å². The summed E-state index contributed by atoms with van der Waals surface area (Å²) in [5, 5.41) is 3.41. The van der Waals surface area contributed by atoms with Crippen molar-refractivity contribution in [1.29, 1.82) is 0 Å². The number of allylic oxidation sites excluding steroid dienone is 1. The van der Waals surface area contributed by atoms with Crippen LogP contribution in [-0.2, 0) is 23.6 Å².